The van der Waals surface area contributed by atoms with E-state index < -0.39 is 43.4 Å². The molecule has 0 spiro atoms. The molecule has 1 saturated carbocycles. The summed E-state index contributed by atoms with van der Waals surface area (Å²) in [6.45, 7) is 0. The lowest BCUT2D eigenvalue weighted by molar-refractivity contribution is -0.212. The molecule has 1 amide bonds. The first-order valence-electron chi connectivity index (χ1n) is 9.05. The van der Waals surface area contributed by atoms with Gasteiger partial charge < -0.3 is 15.2 Å². The fraction of sp³-hybridized carbons (Fsp3) is 0.389. The Kier molecular flexibility index (Phi) is 6.02. The van der Waals surface area contributed by atoms with E-state index in [1.165, 1.54) is 26.2 Å². The lowest BCUT2D eigenvalue weighted by Crippen LogP contribution is -2.62. The van der Waals surface area contributed by atoms with Crippen molar-refractivity contribution in [2.45, 2.75) is 35.9 Å². The van der Waals surface area contributed by atoms with Crippen LogP contribution in [-0.4, -0.2) is 37.7 Å². The van der Waals surface area contributed by atoms with E-state index in [-0.39, 0.29) is 36.3 Å². The predicted molar refractivity (Wildman–Crippen MR) is 107 cm³/mol. The van der Waals surface area contributed by atoms with Crippen molar-refractivity contribution >= 4 is 38.9 Å². The van der Waals surface area contributed by atoms with Crippen LogP contribution in [0.3, 0.4) is 0 Å². The fourth-order valence-electron chi connectivity index (χ4n) is 3.29. The molecule has 0 bridgehead atoms. The zero-order chi connectivity index (χ0) is 23.2. The molecule has 1 aliphatic carbocycles. The Morgan fingerprint density at radius 3 is 2.42 bits per heavy atom. The first-order chi connectivity index (χ1) is 14.3. The number of sulfonamides is 1. The maximum Gasteiger partial charge on any atom is 0.407 e. The van der Waals surface area contributed by atoms with Crippen LogP contribution in [0, 0.1) is 5.82 Å². The topological polar surface area (TPSA) is 92.2 Å². The van der Waals surface area contributed by atoms with E-state index in [2.05, 4.69) is 10.6 Å². The van der Waals surface area contributed by atoms with Crippen molar-refractivity contribution in [2.24, 2.45) is 7.05 Å². The number of nitrogens with zero attached hydrogens (tertiary/aromatic N) is 1. The van der Waals surface area contributed by atoms with Gasteiger partial charge in [-0.25, -0.2) is 12.8 Å². The minimum absolute atomic E-state index is 0.112. The molecule has 0 atom stereocenters. The quantitative estimate of drug-likeness (QED) is 0.545. The molecular formula is C18H19ClF4N4O3S. The third kappa shape index (κ3) is 4.23. The number of amides is 1. The number of hydrogen-bond donors (Lipinski definition) is 3. The number of alkyl halides is 3. The highest BCUT2D eigenvalue weighted by Gasteiger charge is 2.60. The molecule has 0 aliphatic heterocycles. The van der Waals surface area contributed by atoms with Crippen LogP contribution in [0.25, 0.3) is 0 Å². The molecule has 2 aromatic rings. The standard InChI is InChI=1S/C18H19ClF4N4O3S/c1-24-12-8-10(4-5-11(12)20)25-16(28)15-14(19)13(9-27(15)2)31(29,30)26-17(6-3-7-17)18(21,22)23/h4-5,8-9,24,26H,3,6-7H2,1-2H3,(H,25,28). The Hall–Kier alpha value is -2.31. The molecule has 7 nitrogen and oxygen atoms in total. The summed E-state index contributed by atoms with van der Waals surface area (Å²) in [5, 5.41) is 4.53. The number of halogens is 5. The van der Waals surface area contributed by atoms with Gasteiger partial charge in [0.15, 0.2) is 0 Å². The number of carbonyl (C=O) groups excluding carboxylic acids is 1. The van der Waals surface area contributed by atoms with Gasteiger partial charge in [-0.3, -0.25) is 4.79 Å². The van der Waals surface area contributed by atoms with Gasteiger partial charge in [-0.1, -0.05) is 11.6 Å². The van der Waals surface area contributed by atoms with Gasteiger partial charge in [0.25, 0.3) is 5.91 Å². The predicted octanol–water partition coefficient (Wildman–Crippen LogP) is 3.87. The van der Waals surface area contributed by atoms with Crippen LogP contribution in [0.4, 0.5) is 28.9 Å². The summed E-state index contributed by atoms with van der Waals surface area (Å²) in [6, 6.07) is 3.71. The first-order valence-corrected chi connectivity index (χ1v) is 10.9. The molecule has 1 aromatic heterocycles. The molecule has 0 radical (unpaired) electrons. The molecule has 3 N–H and O–H groups in total. The van der Waals surface area contributed by atoms with Gasteiger partial charge in [-0.15, -0.1) is 0 Å². The number of nitrogens with one attached hydrogen (secondary N) is 3. The number of benzene rings is 1. The van der Waals surface area contributed by atoms with Crippen molar-refractivity contribution in [3.8, 4) is 0 Å². The highest BCUT2D eigenvalue weighted by atomic mass is 35.5. The summed E-state index contributed by atoms with van der Waals surface area (Å²) in [5.41, 5.74) is -2.53. The Bertz CT molecular complexity index is 1130. The summed E-state index contributed by atoms with van der Waals surface area (Å²) >= 11 is 6.11. The van der Waals surface area contributed by atoms with Crippen molar-refractivity contribution in [3.05, 3.63) is 40.9 Å². The number of hydrogen-bond acceptors (Lipinski definition) is 4. The Labute approximate surface area is 180 Å². The summed E-state index contributed by atoms with van der Waals surface area (Å²) < 4.78 is 81.9. The van der Waals surface area contributed by atoms with Crippen LogP contribution >= 0.6 is 11.6 Å². The molecule has 170 valence electrons. The van der Waals surface area contributed by atoms with E-state index in [0.717, 1.165) is 16.8 Å². The molecule has 1 aliphatic rings. The maximum atomic E-state index is 13.6. The van der Waals surface area contributed by atoms with Gasteiger partial charge in [-0.05, 0) is 37.5 Å². The zero-order valence-electron chi connectivity index (χ0n) is 16.4. The molecule has 1 aromatic carbocycles. The molecule has 0 saturated heterocycles. The average molecular weight is 483 g/mol. The van der Waals surface area contributed by atoms with Gasteiger partial charge in [0.05, 0.1) is 10.7 Å². The Morgan fingerprint density at radius 2 is 1.90 bits per heavy atom. The SMILES string of the molecule is CNc1cc(NC(=O)c2c(Cl)c(S(=O)(=O)NC3(C(F)(F)F)CCC3)cn2C)ccc1F. The molecule has 3 rings (SSSR count). The van der Waals surface area contributed by atoms with Crippen molar-refractivity contribution in [2.75, 3.05) is 17.7 Å². The van der Waals surface area contributed by atoms with E-state index >= 15 is 0 Å². The highest BCUT2D eigenvalue weighted by molar-refractivity contribution is 7.89. The summed E-state index contributed by atoms with van der Waals surface area (Å²) in [4.78, 5) is 12.0. The van der Waals surface area contributed by atoms with E-state index in [9.17, 15) is 30.8 Å². The van der Waals surface area contributed by atoms with Crippen LogP contribution in [0.2, 0.25) is 5.02 Å². The maximum absolute atomic E-state index is 13.6. The van der Waals surface area contributed by atoms with Crippen LogP contribution in [0.1, 0.15) is 29.8 Å². The average Bonchev–Trinajstić information content (AvgIpc) is 2.94. The number of aromatic nitrogens is 1. The molecule has 0 unspecified atom stereocenters. The van der Waals surface area contributed by atoms with Gasteiger partial charge in [0.1, 0.15) is 21.9 Å². The summed E-state index contributed by atoms with van der Waals surface area (Å²) in [6.07, 6.45) is -4.35. The summed E-state index contributed by atoms with van der Waals surface area (Å²) in [5.74, 6) is -1.37. The zero-order valence-corrected chi connectivity index (χ0v) is 18.0. The molecule has 1 fully saturated rings. The van der Waals surface area contributed by atoms with Gasteiger partial charge in [0.2, 0.25) is 10.0 Å². The third-order valence-electron chi connectivity index (χ3n) is 5.17. The number of rotatable bonds is 6. The van der Waals surface area contributed by atoms with Gasteiger partial charge >= 0.3 is 6.18 Å². The number of anilines is 2. The highest BCUT2D eigenvalue weighted by Crippen LogP contribution is 2.46. The van der Waals surface area contributed by atoms with Crippen LogP contribution in [0.5, 0.6) is 0 Å². The second kappa shape index (κ2) is 7.99. The largest absolute Gasteiger partial charge is 0.407 e. The van der Waals surface area contributed by atoms with Crippen molar-refractivity contribution < 1.29 is 30.8 Å². The van der Waals surface area contributed by atoms with Crippen molar-refractivity contribution in [3.63, 3.8) is 0 Å². The lowest BCUT2D eigenvalue weighted by atomic mass is 9.77. The molecule has 13 heteroatoms. The van der Waals surface area contributed by atoms with Crippen LogP contribution < -0.4 is 15.4 Å². The second-order valence-corrected chi connectivity index (χ2v) is 9.23. The normalized spacial score (nSPS) is 16.0. The minimum Gasteiger partial charge on any atom is -0.386 e. The minimum atomic E-state index is -4.77. The first kappa shape index (κ1) is 23.4. The van der Waals surface area contributed by atoms with Crippen LogP contribution in [0.15, 0.2) is 29.3 Å². The fourth-order valence-corrected chi connectivity index (χ4v) is 5.43. The number of aryl methyl sites for hydroxylation is 1. The van der Waals surface area contributed by atoms with Crippen LogP contribution in [-0.2, 0) is 17.1 Å². The molecule has 1 heterocycles. The Morgan fingerprint density at radius 1 is 1.26 bits per heavy atom. The third-order valence-corrected chi connectivity index (χ3v) is 7.21. The second-order valence-electron chi connectivity index (χ2n) is 7.20. The van der Waals surface area contributed by atoms with Gasteiger partial charge in [-0.2, -0.15) is 17.9 Å². The van der Waals surface area contributed by atoms with Crippen molar-refractivity contribution in [1.29, 1.82) is 0 Å². The van der Waals surface area contributed by atoms with E-state index in [1.807, 2.05) is 0 Å². The van der Waals surface area contributed by atoms with Gasteiger partial charge in [0, 0.05) is 26.0 Å². The molecule has 31 heavy (non-hydrogen) atoms. The lowest BCUT2D eigenvalue weighted by Gasteiger charge is -2.43. The Balaban J connectivity index is 1.90. The van der Waals surface area contributed by atoms with Crippen molar-refractivity contribution in [1.82, 2.24) is 9.29 Å². The van der Waals surface area contributed by atoms with E-state index in [0.29, 0.717) is 0 Å². The summed E-state index contributed by atoms with van der Waals surface area (Å²) in [7, 11) is -1.87. The van der Waals surface area contributed by atoms with E-state index in [1.54, 1.807) is 4.72 Å². The smallest absolute Gasteiger partial charge is 0.386 e. The molecular weight excluding hydrogens is 464 g/mol. The van der Waals surface area contributed by atoms with E-state index in [4.69, 9.17) is 11.6 Å². The number of carbonyl (C=O) groups is 1. The monoisotopic (exact) mass is 482 g/mol.